The van der Waals surface area contributed by atoms with Crippen LogP contribution in [0.15, 0.2) is 30.1 Å². The molecule has 1 aromatic carbocycles. The standard InChI is InChI=1S/C18H22N4O2/c1-19-17(23)12-7-8-13-14(9-12)22-15(18(24)21-13)10-20-16(22)11-5-3-2-4-6-11/h7-11,16,20H,2-6H2,1H3,(H,19,23)(H,21,24). The minimum Gasteiger partial charge on any atom is -0.369 e. The van der Waals surface area contributed by atoms with Crippen molar-refractivity contribution in [2.75, 3.05) is 17.3 Å². The lowest BCUT2D eigenvalue weighted by Gasteiger charge is -2.39. The summed E-state index contributed by atoms with van der Waals surface area (Å²) in [6.07, 6.45) is 8.01. The molecule has 1 fully saturated rings. The van der Waals surface area contributed by atoms with Crippen molar-refractivity contribution in [1.82, 2.24) is 10.6 Å². The first-order chi connectivity index (χ1) is 11.7. The van der Waals surface area contributed by atoms with Crippen LogP contribution in [-0.4, -0.2) is 25.0 Å². The smallest absolute Gasteiger partial charge is 0.273 e. The summed E-state index contributed by atoms with van der Waals surface area (Å²) in [4.78, 5) is 26.5. The zero-order valence-corrected chi connectivity index (χ0v) is 13.8. The van der Waals surface area contributed by atoms with E-state index in [4.69, 9.17) is 0 Å². The van der Waals surface area contributed by atoms with Crippen LogP contribution < -0.4 is 20.9 Å². The Hall–Kier alpha value is -2.50. The molecule has 126 valence electrons. The van der Waals surface area contributed by atoms with Gasteiger partial charge in [0.25, 0.3) is 11.8 Å². The fraction of sp³-hybridized carbons (Fsp3) is 0.444. The number of amides is 2. The molecule has 24 heavy (non-hydrogen) atoms. The van der Waals surface area contributed by atoms with Gasteiger partial charge in [-0.15, -0.1) is 0 Å². The first-order valence-corrected chi connectivity index (χ1v) is 8.62. The molecule has 4 rings (SSSR count). The van der Waals surface area contributed by atoms with Gasteiger partial charge in [0.2, 0.25) is 0 Å². The molecule has 0 saturated heterocycles. The molecular formula is C18H22N4O2. The molecule has 0 spiro atoms. The van der Waals surface area contributed by atoms with Crippen LogP contribution >= 0.6 is 0 Å². The third-order valence-electron chi connectivity index (χ3n) is 5.25. The third-order valence-corrected chi connectivity index (χ3v) is 5.25. The van der Waals surface area contributed by atoms with Crippen LogP contribution in [-0.2, 0) is 4.79 Å². The first-order valence-electron chi connectivity index (χ1n) is 8.62. The summed E-state index contributed by atoms with van der Waals surface area (Å²) in [5.74, 6) is 0.289. The number of anilines is 2. The average Bonchev–Trinajstić information content (AvgIpc) is 3.08. The van der Waals surface area contributed by atoms with Crippen molar-refractivity contribution in [1.29, 1.82) is 0 Å². The molecule has 2 amide bonds. The third kappa shape index (κ3) is 2.33. The SMILES string of the molecule is CNC(=O)c1ccc2c(c1)N1C(=CNC1C1CCCCC1)C(=O)N2. The number of rotatable bonds is 2. The first kappa shape index (κ1) is 15.1. The summed E-state index contributed by atoms with van der Waals surface area (Å²) in [5.41, 5.74) is 2.88. The molecule has 1 aliphatic carbocycles. The molecule has 0 bridgehead atoms. The molecule has 0 radical (unpaired) electrons. The summed E-state index contributed by atoms with van der Waals surface area (Å²) < 4.78 is 0. The van der Waals surface area contributed by atoms with Crippen LogP contribution in [0.5, 0.6) is 0 Å². The monoisotopic (exact) mass is 326 g/mol. The molecule has 6 heteroatoms. The predicted molar refractivity (Wildman–Crippen MR) is 92.5 cm³/mol. The van der Waals surface area contributed by atoms with Crippen LogP contribution in [0.4, 0.5) is 11.4 Å². The summed E-state index contributed by atoms with van der Waals surface area (Å²) in [6, 6.07) is 5.42. The predicted octanol–water partition coefficient (Wildman–Crippen LogP) is 2.16. The molecular weight excluding hydrogens is 304 g/mol. The second kappa shape index (κ2) is 5.85. The zero-order valence-electron chi connectivity index (χ0n) is 13.8. The van der Waals surface area contributed by atoms with Gasteiger partial charge in [-0.3, -0.25) is 9.59 Å². The lowest BCUT2D eigenvalue weighted by molar-refractivity contribution is -0.113. The Bertz CT molecular complexity index is 722. The van der Waals surface area contributed by atoms with Crippen LogP contribution in [0.2, 0.25) is 0 Å². The maximum atomic E-state index is 12.4. The molecule has 2 aliphatic heterocycles. The van der Waals surface area contributed by atoms with Crippen LogP contribution in [0, 0.1) is 5.92 Å². The zero-order chi connectivity index (χ0) is 16.7. The molecule has 6 nitrogen and oxygen atoms in total. The number of hydrogen-bond donors (Lipinski definition) is 3. The molecule has 1 aromatic rings. The number of nitrogens with one attached hydrogen (secondary N) is 3. The van der Waals surface area contributed by atoms with E-state index in [1.807, 2.05) is 18.3 Å². The van der Waals surface area contributed by atoms with Gasteiger partial charge < -0.3 is 20.9 Å². The van der Waals surface area contributed by atoms with Crippen LogP contribution in [0.3, 0.4) is 0 Å². The van der Waals surface area contributed by atoms with E-state index in [0.717, 1.165) is 11.4 Å². The quantitative estimate of drug-likeness (QED) is 0.779. The summed E-state index contributed by atoms with van der Waals surface area (Å²) in [7, 11) is 1.62. The van der Waals surface area contributed by atoms with Gasteiger partial charge in [-0.1, -0.05) is 19.3 Å². The van der Waals surface area contributed by atoms with Crippen molar-refractivity contribution >= 4 is 23.2 Å². The van der Waals surface area contributed by atoms with Crippen molar-refractivity contribution in [3.63, 3.8) is 0 Å². The molecule has 3 N–H and O–H groups in total. The number of benzene rings is 1. The lowest BCUT2D eigenvalue weighted by Crippen LogP contribution is -2.47. The van der Waals surface area contributed by atoms with Crippen molar-refractivity contribution in [3.8, 4) is 0 Å². The number of carbonyl (C=O) groups is 2. The van der Waals surface area contributed by atoms with Gasteiger partial charge in [-0.05, 0) is 37.0 Å². The van der Waals surface area contributed by atoms with Crippen molar-refractivity contribution in [2.45, 2.75) is 38.3 Å². The van der Waals surface area contributed by atoms with E-state index in [0.29, 0.717) is 17.2 Å². The van der Waals surface area contributed by atoms with E-state index in [1.165, 1.54) is 32.1 Å². The Morgan fingerprint density at radius 1 is 1.25 bits per heavy atom. The molecule has 1 atom stereocenters. The Morgan fingerprint density at radius 3 is 2.79 bits per heavy atom. The van der Waals surface area contributed by atoms with Gasteiger partial charge in [0.05, 0.1) is 11.4 Å². The van der Waals surface area contributed by atoms with Crippen molar-refractivity contribution in [3.05, 3.63) is 35.7 Å². The topological polar surface area (TPSA) is 73.5 Å². The Morgan fingerprint density at radius 2 is 2.04 bits per heavy atom. The maximum absolute atomic E-state index is 12.4. The molecule has 1 saturated carbocycles. The van der Waals surface area contributed by atoms with Gasteiger partial charge >= 0.3 is 0 Å². The largest absolute Gasteiger partial charge is 0.369 e. The summed E-state index contributed by atoms with van der Waals surface area (Å²) >= 11 is 0. The molecule has 1 unspecified atom stereocenters. The Labute approximate surface area is 141 Å². The van der Waals surface area contributed by atoms with E-state index in [9.17, 15) is 9.59 Å². The lowest BCUT2D eigenvalue weighted by atomic mass is 9.86. The number of hydrogen-bond acceptors (Lipinski definition) is 4. The van der Waals surface area contributed by atoms with Gasteiger partial charge in [-0.25, -0.2) is 0 Å². The number of fused-ring (bicyclic) bond motifs is 3. The Kier molecular flexibility index (Phi) is 3.67. The number of carbonyl (C=O) groups excluding carboxylic acids is 2. The van der Waals surface area contributed by atoms with E-state index in [-0.39, 0.29) is 18.0 Å². The normalized spacial score (nSPS) is 22.9. The highest BCUT2D eigenvalue weighted by Crippen LogP contribution is 2.41. The highest BCUT2D eigenvalue weighted by Gasteiger charge is 2.40. The molecule has 0 aromatic heterocycles. The van der Waals surface area contributed by atoms with Crippen molar-refractivity contribution in [2.24, 2.45) is 5.92 Å². The van der Waals surface area contributed by atoms with Gasteiger partial charge in [0.1, 0.15) is 11.9 Å². The van der Waals surface area contributed by atoms with E-state index >= 15 is 0 Å². The van der Waals surface area contributed by atoms with E-state index in [1.54, 1.807) is 13.1 Å². The fourth-order valence-electron chi connectivity index (χ4n) is 4.02. The highest BCUT2D eigenvalue weighted by atomic mass is 16.2. The van der Waals surface area contributed by atoms with E-state index < -0.39 is 0 Å². The van der Waals surface area contributed by atoms with Crippen LogP contribution in [0.1, 0.15) is 42.5 Å². The van der Waals surface area contributed by atoms with Crippen molar-refractivity contribution < 1.29 is 9.59 Å². The van der Waals surface area contributed by atoms with E-state index in [2.05, 4.69) is 20.9 Å². The van der Waals surface area contributed by atoms with Gasteiger partial charge in [-0.2, -0.15) is 0 Å². The average molecular weight is 326 g/mol. The maximum Gasteiger partial charge on any atom is 0.273 e. The second-order valence-electron chi connectivity index (χ2n) is 6.67. The number of nitrogens with zero attached hydrogens (tertiary/aromatic N) is 1. The minimum absolute atomic E-state index is 0.0880. The Balaban J connectivity index is 1.74. The highest BCUT2D eigenvalue weighted by molar-refractivity contribution is 6.13. The molecule has 2 heterocycles. The summed E-state index contributed by atoms with van der Waals surface area (Å²) in [6.45, 7) is 0. The minimum atomic E-state index is -0.124. The van der Waals surface area contributed by atoms with Crippen LogP contribution in [0.25, 0.3) is 0 Å². The summed E-state index contributed by atoms with van der Waals surface area (Å²) in [5, 5.41) is 8.98. The van der Waals surface area contributed by atoms with Gasteiger partial charge in [0, 0.05) is 18.8 Å². The second-order valence-corrected chi connectivity index (χ2v) is 6.67. The fourth-order valence-corrected chi connectivity index (χ4v) is 4.02. The molecule has 3 aliphatic rings. The van der Waals surface area contributed by atoms with Gasteiger partial charge in [0.15, 0.2) is 0 Å².